The van der Waals surface area contributed by atoms with Gasteiger partial charge in [-0.3, -0.25) is 9.48 Å². The predicted octanol–water partition coefficient (Wildman–Crippen LogP) is 3.04. The molecule has 20 heavy (non-hydrogen) atoms. The Morgan fingerprint density at radius 2 is 2.00 bits per heavy atom. The maximum Gasteiger partial charge on any atom is 0.144 e. The molecular formula is C15H23ClN2O2. The molecule has 1 saturated heterocycles. The zero-order valence-electron chi connectivity index (χ0n) is 12.8. The van der Waals surface area contributed by atoms with Gasteiger partial charge in [-0.1, -0.05) is 18.5 Å². The zero-order chi connectivity index (χ0) is 15.0. The largest absolute Gasteiger partial charge is 0.375 e. The number of aryl methyl sites for hydroxylation is 2. The van der Waals surface area contributed by atoms with Gasteiger partial charge in [0.05, 0.1) is 35.0 Å². The van der Waals surface area contributed by atoms with E-state index >= 15 is 0 Å². The van der Waals surface area contributed by atoms with Crippen LogP contribution in [0, 0.1) is 18.8 Å². The lowest BCUT2D eigenvalue weighted by Gasteiger charge is -2.17. The number of nitrogens with zero attached hydrogens (tertiary/aromatic N) is 2. The lowest BCUT2D eigenvalue weighted by atomic mass is 9.84. The van der Waals surface area contributed by atoms with Crippen molar-refractivity contribution in [1.29, 1.82) is 0 Å². The minimum absolute atomic E-state index is 0.0228. The minimum Gasteiger partial charge on any atom is -0.375 e. The van der Waals surface area contributed by atoms with E-state index in [1.165, 1.54) is 0 Å². The summed E-state index contributed by atoms with van der Waals surface area (Å²) in [6.07, 6.45) is 0.445. The molecule has 0 N–H and O–H groups in total. The van der Waals surface area contributed by atoms with Gasteiger partial charge in [-0.15, -0.1) is 0 Å². The van der Waals surface area contributed by atoms with Crippen molar-refractivity contribution in [2.45, 2.75) is 59.8 Å². The van der Waals surface area contributed by atoms with Crippen LogP contribution in [0.4, 0.5) is 0 Å². The highest BCUT2D eigenvalue weighted by atomic mass is 35.5. The number of aromatic nitrogens is 2. The lowest BCUT2D eigenvalue weighted by Crippen LogP contribution is -2.28. The van der Waals surface area contributed by atoms with E-state index in [0.29, 0.717) is 11.4 Å². The van der Waals surface area contributed by atoms with E-state index in [-0.39, 0.29) is 29.8 Å². The molecule has 1 aromatic heterocycles. The SMILES string of the molecule is CCn1nc(C)c(Cl)c1CC(=O)C1C(C)OC(C)C1C. The van der Waals surface area contributed by atoms with E-state index in [9.17, 15) is 4.79 Å². The molecule has 1 fully saturated rings. The van der Waals surface area contributed by atoms with Crippen LogP contribution in [-0.4, -0.2) is 27.8 Å². The molecule has 0 amide bonds. The number of Topliss-reactive ketones (excluding diaryl/α,β-unsaturated/α-hetero) is 1. The number of carbonyl (C=O) groups is 1. The topological polar surface area (TPSA) is 44.1 Å². The van der Waals surface area contributed by atoms with Gasteiger partial charge in [0.1, 0.15) is 5.78 Å². The van der Waals surface area contributed by atoms with Crippen molar-refractivity contribution in [3.8, 4) is 0 Å². The normalized spacial score (nSPS) is 29.9. The van der Waals surface area contributed by atoms with Crippen molar-refractivity contribution in [3.05, 3.63) is 16.4 Å². The van der Waals surface area contributed by atoms with Crippen molar-refractivity contribution in [3.63, 3.8) is 0 Å². The third-order valence-corrected chi connectivity index (χ3v) is 4.90. The van der Waals surface area contributed by atoms with Gasteiger partial charge in [-0.25, -0.2) is 0 Å². The molecule has 0 spiro atoms. The van der Waals surface area contributed by atoms with Crippen molar-refractivity contribution < 1.29 is 9.53 Å². The second-order valence-corrected chi connectivity index (χ2v) is 6.11. The predicted molar refractivity (Wildman–Crippen MR) is 79.0 cm³/mol. The molecule has 0 aromatic carbocycles. The molecule has 0 aliphatic carbocycles. The van der Waals surface area contributed by atoms with Gasteiger partial charge in [-0.05, 0) is 33.6 Å². The van der Waals surface area contributed by atoms with Crippen LogP contribution in [0.3, 0.4) is 0 Å². The Kier molecular flexibility index (Phi) is 4.55. The smallest absolute Gasteiger partial charge is 0.144 e. The monoisotopic (exact) mass is 298 g/mol. The molecule has 1 aromatic rings. The Hall–Kier alpha value is -0.870. The van der Waals surface area contributed by atoms with Gasteiger partial charge in [0.25, 0.3) is 0 Å². The summed E-state index contributed by atoms with van der Waals surface area (Å²) in [4.78, 5) is 12.6. The highest BCUT2D eigenvalue weighted by Gasteiger charge is 2.41. The summed E-state index contributed by atoms with van der Waals surface area (Å²) < 4.78 is 7.58. The Labute approximate surface area is 125 Å². The highest BCUT2D eigenvalue weighted by Crippen LogP contribution is 2.34. The van der Waals surface area contributed by atoms with Crippen molar-refractivity contribution in [1.82, 2.24) is 9.78 Å². The second-order valence-electron chi connectivity index (χ2n) is 5.74. The molecule has 5 heteroatoms. The van der Waals surface area contributed by atoms with Crippen LogP contribution in [0.1, 0.15) is 39.1 Å². The van der Waals surface area contributed by atoms with Crippen molar-refractivity contribution in [2.75, 3.05) is 0 Å². The van der Waals surface area contributed by atoms with Gasteiger partial charge in [0.2, 0.25) is 0 Å². The fourth-order valence-electron chi connectivity index (χ4n) is 3.14. The van der Waals surface area contributed by atoms with E-state index < -0.39 is 0 Å². The number of ketones is 1. The summed E-state index contributed by atoms with van der Waals surface area (Å²) in [5, 5.41) is 4.98. The fraction of sp³-hybridized carbons (Fsp3) is 0.733. The van der Waals surface area contributed by atoms with Crippen LogP contribution in [0.5, 0.6) is 0 Å². The molecule has 0 saturated carbocycles. The van der Waals surface area contributed by atoms with Crippen molar-refractivity contribution in [2.24, 2.45) is 11.8 Å². The summed E-state index contributed by atoms with van der Waals surface area (Å²) in [5.74, 6) is 0.391. The molecule has 1 aliphatic heterocycles. The number of halogens is 1. The third-order valence-electron chi connectivity index (χ3n) is 4.41. The van der Waals surface area contributed by atoms with Crippen LogP contribution >= 0.6 is 11.6 Å². The first-order valence-electron chi connectivity index (χ1n) is 7.26. The molecule has 4 unspecified atom stereocenters. The van der Waals surface area contributed by atoms with Gasteiger partial charge >= 0.3 is 0 Å². The Bertz CT molecular complexity index is 512. The summed E-state index contributed by atoms with van der Waals surface area (Å²) in [7, 11) is 0. The van der Waals surface area contributed by atoms with Crippen LogP contribution < -0.4 is 0 Å². The van der Waals surface area contributed by atoms with Crippen LogP contribution in [-0.2, 0) is 22.5 Å². The van der Waals surface area contributed by atoms with Gasteiger partial charge in [-0.2, -0.15) is 5.10 Å². The first-order valence-corrected chi connectivity index (χ1v) is 7.64. The third kappa shape index (κ3) is 2.63. The summed E-state index contributed by atoms with van der Waals surface area (Å²) in [5.41, 5.74) is 1.61. The molecule has 112 valence electrons. The standard InChI is InChI=1S/C15H23ClN2O2/c1-6-18-12(15(16)9(3)17-18)7-13(19)14-8(2)10(4)20-11(14)5/h8,10-11,14H,6-7H2,1-5H3. The number of hydrogen-bond donors (Lipinski definition) is 0. The van der Waals surface area contributed by atoms with Crippen LogP contribution in [0.2, 0.25) is 5.02 Å². The molecule has 4 atom stereocenters. The molecule has 2 heterocycles. The van der Waals surface area contributed by atoms with E-state index in [1.807, 2.05) is 32.4 Å². The fourth-order valence-corrected chi connectivity index (χ4v) is 3.34. The van der Waals surface area contributed by atoms with Crippen LogP contribution in [0.15, 0.2) is 0 Å². The summed E-state index contributed by atoms with van der Waals surface area (Å²) in [6, 6.07) is 0. The summed E-state index contributed by atoms with van der Waals surface area (Å²) >= 11 is 6.28. The second kappa shape index (κ2) is 5.86. The minimum atomic E-state index is -0.0541. The molecule has 4 nitrogen and oxygen atoms in total. The number of rotatable bonds is 4. The Balaban J connectivity index is 2.20. The lowest BCUT2D eigenvalue weighted by molar-refractivity contribution is -0.124. The molecular weight excluding hydrogens is 276 g/mol. The number of ether oxygens (including phenoxy) is 1. The highest BCUT2D eigenvalue weighted by molar-refractivity contribution is 6.32. The van der Waals surface area contributed by atoms with Gasteiger partial charge < -0.3 is 4.74 Å². The molecule has 2 rings (SSSR count). The van der Waals surface area contributed by atoms with Gasteiger partial charge in [0, 0.05) is 12.5 Å². The zero-order valence-corrected chi connectivity index (χ0v) is 13.6. The average molecular weight is 299 g/mol. The molecule has 0 bridgehead atoms. The maximum absolute atomic E-state index is 12.6. The van der Waals surface area contributed by atoms with Crippen LogP contribution in [0.25, 0.3) is 0 Å². The maximum atomic E-state index is 12.6. The average Bonchev–Trinajstić information content (AvgIpc) is 2.80. The first-order chi connectivity index (χ1) is 9.36. The number of hydrogen-bond acceptors (Lipinski definition) is 3. The van der Waals surface area contributed by atoms with E-state index in [0.717, 1.165) is 17.9 Å². The Morgan fingerprint density at radius 3 is 2.50 bits per heavy atom. The quantitative estimate of drug-likeness (QED) is 0.858. The number of carbonyl (C=O) groups excluding carboxylic acids is 1. The molecule has 0 radical (unpaired) electrons. The van der Waals surface area contributed by atoms with E-state index in [1.54, 1.807) is 0 Å². The molecule has 1 aliphatic rings. The van der Waals surface area contributed by atoms with E-state index in [4.69, 9.17) is 16.3 Å². The first kappa shape index (κ1) is 15.5. The van der Waals surface area contributed by atoms with Crippen molar-refractivity contribution >= 4 is 17.4 Å². The summed E-state index contributed by atoms with van der Waals surface area (Å²) in [6.45, 7) is 10.7. The van der Waals surface area contributed by atoms with Gasteiger partial charge in [0.15, 0.2) is 0 Å². The Morgan fingerprint density at radius 1 is 1.35 bits per heavy atom. The van der Waals surface area contributed by atoms with E-state index in [2.05, 4.69) is 12.0 Å².